The van der Waals surface area contributed by atoms with Gasteiger partial charge in [0, 0.05) is 28.1 Å². The van der Waals surface area contributed by atoms with Gasteiger partial charge in [-0.25, -0.2) is 8.42 Å². The molecule has 5 nitrogen and oxygen atoms in total. The molecule has 0 radical (unpaired) electrons. The van der Waals surface area contributed by atoms with Crippen molar-refractivity contribution in [3.05, 3.63) is 36.5 Å². The van der Waals surface area contributed by atoms with E-state index in [2.05, 4.69) is 29.3 Å². The lowest BCUT2D eigenvalue weighted by Crippen LogP contribution is -2.17. The van der Waals surface area contributed by atoms with Gasteiger partial charge < -0.3 is 10.3 Å². The van der Waals surface area contributed by atoms with E-state index in [0.29, 0.717) is 5.69 Å². The van der Waals surface area contributed by atoms with E-state index < -0.39 is 10.0 Å². The Balaban J connectivity index is 1.82. The van der Waals surface area contributed by atoms with Gasteiger partial charge in [0.1, 0.15) is 0 Å². The molecule has 0 aliphatic heterocycles. The Labute approximate surface area is 151 Å². The monoisotopic (exact) mass is 375 g/mol. The molecule has 2 heterocycles. The van der Waals surface area contributed by atoms with E-state index in [9.17, 15) is 8.42 Å². The van der Waals surface area contributed by atoms with E-state index in [1.807, 2.05) is 30.3 Å². The summed E-state index contributed by atoms with van der Waals surface area (Å²) in [6.07, 6.45) is 3.63. The Morgan fingerprint density at radius 2 is 2.00 bits per heavy atom. The highest BCUT2D eigenvalue weighted by atomic mass is 32.2. The lowest BCUT2D eigenvalue weighted by Gasteiger charge is -2.11. The standard InChI is InChI=1S/C18H21N3O2S2/c1-11(2)21-10-15(17-7-8-18(19)24-17)14-6-3-12(9-16(14)21)20-25(22,23)13-4-5-13/h3,6-11,13,20H,4-5,19H2,1-2H3. The van der Waals surface area contributed by atoms with Gasteiger partial charge >= 0.3 is 0 Å². The number of hydrogen-bond acceptors (Lipinski definition) is 4. The predicted octanol–water partition coefficient (Wildman–Crippen LogP) is 4.44. The molecule has 25 heavy (non-hydrogen) atoms. The topological polar surface area (TPSA) is 77.1 Å². The number of sulfonamides is 1. The van der Waals surface area contributed by atoms with Crippen molar-refractivity contribution in [2.24, 2.45) is 0 Å². The molecule has 132 valence electrons. The second-order valence-corrected chi connectivity index (χ2v) is 9.90. The molecule has 1 saturated carbocycles. The highest BCUT2D eigenvalue weighted by Gasteiger charge is 2.35. The summed E-state index contributed by atoms with van der Waals surface area (Å²) in [5, 5.41) is 1.66. The van der Waals surface area contributed by atoms with Crippen LogP contribution in [0.15, 0.2) is 36.5 Å². The highest BCUT2D eigenvalue weighted by Crippen LogP contribution is 2.38. The summed E-state index contributed by atoms with van der Waals surface area (Å²) in [5.41, 5.74) is 8.66. The van der Waals surface area contributed by atoms with Crippen LogP contribution in [0, 0.1) is 0 Å². The Morgan fingerprint density at radius 3 is 2.60 bits per heavy atom. The lowest BCUT2D eigenvalue weighted by molar-refractivity contribution is 0.600. The number of nitrogens with two attached hydrogens (primary N) is 1. The second-order valence-electron chi connectivity index (χ2n) is 6.82. The first kappa shape index (κ1) is 16.5. The van der Waals surface area contributed by atoms with Crippen LogP contribution in [0.4, 0.5) is 10.7 Å². The zero-order chi connectivity index (χ0) is 17.8. The van der Waals surface area contributed by atoms with Crippen LogP contribution in [0.2, 0.25) is 0 Å². The third-order valence-electron chi connectivity index (χ3n) is 4.51. The summed E-state index contributed by atoms with van der Waals surface area (Å²) < 4.78 is 29.3. The minimum Gasteiger partial charge on any atom is -0.391 e. The summed E-state index contributed by atoms with van der Waals surface area (Å²) in [6.45, 7) is 4.24. The van der Waals surface area contributed by atoms with Gasteiger partial charge in [-0.05, 0) is 51.0 Å². The van der Waals surface area contributed by atoms with E-state index in [1.54, 1.807) is 11.3 Å². The molecule has 1 fully saturated rings. The maximum atomic E-state index is 12.2. The van der Waals surface area contributed by atoms with Gasteiger partial charge in [0.15, 0.2) is 0 Å². The van der Waals surface area contributed by atoms with Crippen molar-refractivity contribution in [1.29, 1.82) is 0 Å². The molecule has 0 atom stereocenters. The van der Waals surface area contributed by atoms with E-state index in [1.165, 1.54) is 0 Å². The summed E-state index contributed by atoms with van der Waals surface area (Å²) in [7, 11) is -3.26. The fourth-order valence-corrected chi connectivity index (χ4v) is 5.24. The van der Waals surface area contributed by atoms with Crippen LogP contribution in [-0.2, 0) is 10.0 Å². The van der Waals surface area contributed by atoms with Crippen LogP contribution >= 0.6 is 11.3 Å². The lowest BCUT2D eigenvalue weighted by atomic mass is 10.1. The molecule has 0 spiro atoms. The first-order chi connectivity index (χ1) is 11.8. The first-order valence-corrected chi connectivity index (χ1v) is 10.7. The molecule has 1 aliphatic carbocycles. The van der Waals surface area contributed by atoms with Gasteiger partial charge in [-0.2, -0.15) is 0 Å². The van der Waals surface area contributed by atoms with Gasteiger partial charge in [-0.15, -0.1) is 11.3 Å². The average molecular weight is 376 g/mol. The Morgan fingerprint density at radius 1 is 1.24 bits per heavy atom. The molecular weight excluding hydrogens is 354 g/mol. The predicted molar refractivity (Wildman–Crippen MR) is 106 cm³/mol. The largest absolute Gasteiger partial charge is 0.391 e. The van der Waals surface area contributed by atoms with Crippen LogP contribution < -0.4 is 10.5 Å². The van der Waals surface area contributed by atoms with Crippen molar-refractivity contribution < 1.29 is 8.42 Å². The SMILES string of the molecule is CC(C)n1cc(-c2ccc(N)s2)c2ccc(NS(=O)(=O)C3CC3)cc21. The van der Waals surface area contributed by atoms with Gasteiger partial charge in [0.2, 0.25) is 10.0 Å². The number of hydrogen-bond donors (Lipinski definition) is 2. The van der Waals surface area contributed by atoms with E-state index >= 15 is 0 Å². The summed E-state index contributed by atoms with van der Waals surface area (Å²) >= 11 is 1.56. The number of nitrogens with zero attached hydrogens (tertiary/aromatic N) is 1. The average Bonchev–Trinajstić information content (AvgIpc) is 3.22. The number of fused-ring (bicyclic) bond motifs is 1. The molecule has 4 rings (SSSR count). The summed E-state index contributed by atoms with van der Waals surface area (Å²) in [5.74, 6) is 0. The molecule has 0 amide bonds. The van der Waals surface area contributed by atoms with Crippen molar-refractivity contribution in [2.45, 2.75) is 38.0 Å². The van der Waals surface area contributed by atoms with Crippen LogP contribution in [0.3, 0.4) is 0 Å². The van der Waals surface area contributed by atoms with Crippen LogP contribution in [0.5, 0.6) is 0 Å². The zero-order valence-corrected chi connectivity index (χ0v) is 15.8. The third-order valence-corrected chi connectivity index (χ3v) is 7.32. The second kappa shape index (κ2) is 5.78. The molecule has 1 aromatic carbocycles. The van der Waals surface area contributed by atoms with E-state index in [4.69, 9.17) is 5.73 Å². The molecule has 3 aromatic rings. The number of aromatic nitrogens is 1. The molecule has 2 aromatic heterocycles. The molecule has 7 heteroatoms. The number of rotatable bonds is 5. The number of thiophene rings is 1. The quantitative estimate of drug-likeness (QED) is 0.692. The van der Waals surface area contributed by atoms with Crippen LogP contribution in [0.1, 0.15) is 32.7 Å². The molecule has 0 unspecified atom stereocenters. The molecular formula is C18H21N3O2S2. The number of nitrogens with one attached hydrogen (secondary N) is 1. The van der Waals surface area contributed by atoms with E-state index in [-0.39, 0.29) is 11.3 Å². The van der Waals surface area contributed by atoms with Crippen LogP contribution in [-0.4, -0.2) is 18.2 Å². The highest BCUT2D eigenvalue weighted by molar-refractivity contribution is 7.93. The van der Waals surface area contributed by atoms with Crippen LogP contribution in [0.25, 0.3) is 21.3 Å². The fourth-order valence-electron chi connectivity index (χ4n) is 3.06. The van der Waals surface area contributed by atoms with Crippen molar-refractivity contribution in [3.8, 4) is 10.4 Å². The smallest absolute Gasteiger partial charge is 0.235 e. The van der Waals surface area contributed by atoms with Gasteiger partial charge in [0.05, 0.1) is 21.5 Å². The Bertz CT molecular complexity index is 1040. The fraction of sp³-hybridized carbons (Fsp3) is 0.333. The number of benzene rings is 1. The first-order valence-electron chi connectivity index (χ1n) is 8.37. The number of nitrogen functional groups attached to an aromatic ring is 1. The number of anilines is 2. The minimum atomic E-state index is -3.26. The zero-order valence-electron chi connectivity index (χ0n) is 14.2. The van der Waals surface area contributed by atoms with Crippen molar-refractivity contribution in [2.75, 3.05) is 10.5 Å². The molecule has 0 bridgehead atoms. The molecule has 1 aliphatic rings. The Hall–Kier alpha value is -1.99. The van der Waals surface area contributed by atoms with Gasteiger partial charge in [-0.3, -0.25) is 4.72 Å². The van der Waals surface area contributed by atoms with Gasteiger partial charge in [-0.1, -0.05) is 6.07 Å². The molecule has 3 N–H and O–H groups in total. The maximum absolute atomic E-state index is 12.2. The van der Waals surface area contributed by atoms with E-state index in [0.717, 1.165) is 39.2 Å². The third kappa shape index (κ3) is 3.02. The minimum absolute atomic E-state index is 0.232. The van der Waals surface area contributed by atoms with Crippen molar-refractivity contribution >= 4 is 43.0 Å². The Kier molecular flexibility index (Phi) is 3.81. The maximum Gasteiger partial charge on any atom is 0.235 e. The van der Waals surface area contributed by atoms with Gasteiger partial charge in [0.25, 0.3) is 0 Å². The van der Waals surface area contributed by atoms with Crippen molar-refractivity contribution in [1.82, 2.24) is 4.57 Å². The van der Waals surface area contributed by atoms with Crippen molar-refractivity contribution in [3.63, 3.8) is 0 Å². The summed E-state index contributed by atoms with van der Waals surface area (Å²) in [6, 6.07) is 9.97. The molecule has 0 saturated heterocycles. The normalized spacial score (nSPS) is 15.2. The summed E-state index contributed by atoms with van der Waals surface area (Å²) in [4.78, 5) is 1.12.